The third-order valence-electron chi connectivity index (χ3n) is 4.76. The predicted octanol–water partition coefficient (Wildman–Crippen LogP) is 3.01. The van der Waals surface area contributed by atoms with Crippen molar-refractivity contribution in [3.05, 3.63) is 47.4 Å². The third kappa shape index (κ3) is 3.12. The lowest BCUT2D eigenvalue weighted by molar-refractivity contribution is -0.118. The van der Waals surface area contributed by atoms with Gasteiger partial charge in [0.25, 0.3) is 11.8 Å². The SMILES string of the molecule is C[C@@H]1C[C@@H]1c1ccc(CN(C)C(=O)c2ccc3c(c2)OCC(=O)N3)o1. The van der Waals surface area contributed by atoms with Crippen molar-refractivity contribution < 1.29 is 18.7 Å². The van der Waals surface area contributed by atoms with Crippen molar-refractivity contribution in [3.63, 3.8) is 0 Å². The summed E-state index contributed by atoms with van der Waals surface area (Å²) in [6.45, 7) is 2.59. The van der Waals surface area contributed by atoms with E-state index in [0.717, 1.165) is 11.5 Å². The molecule has 2 amide bonds. The molecule has 0 spiro atoms. The van der Waals surface area contributed by atoms with Crippen LogP contribution in [0.3, 0.4) is 0 Å². The lowest BCUT2D eigenvalue weighted by Gasteiger charge is -2.20. The molecule has 0 saturated heterocycles. The summed E-state index contributed by atoms with van der Waals surface area (Å²) >= 11 is 0. The topological polar surface area (TPSA) is 71.8 Å². The number of carbonyl (C=O) groups excluding carboxylic acids is 2. The minimum absolute atomic E-state index is 0.0325. The zero-order valence-corrected chi connectivity index (χ0v) is 14.2. The molecule has 0 unspecified atom stereocenters. The number of hydrogen-bond donors (Lipinski definition) is 1. The summed E-state index contributed by atoms with van der Waals surface area (Å²) in [5.74, 6) is 3.22. The lowest BCUT2D eigenvalue weighted by atomic mass is 10.1. The first-order valence-corrected chi connectivity index (χ1v) is 8.42. The summed E-state index contributed by atoms with van der Waals surface area (Å²) in [5.41, 5.74) is 1.10. The molecule has 130 valence electrons. The van der Waals surface area contributed by atoms with Crippen LogP contribution < -0.4 is 10.1 Å². The van der Waals surface area contributed by atoms with Gasteiger partial charge in [-0.1, -0.05) is 6.92 Å². The van der Waals surface area contributed by atoms with E-state index in [1.54, 1.807) is 30.1 Å². The molecule has 2 heterocycles. The number of nitrogens with zero attached hydrogens (tertiary/aromatic N) is 1. The Hall–Kier alpha value is -2.76. The summed E-state index contributed by atoms with van der Waals surface area (Å²) in [5, 5.41) is 2.71. The lowest BCUT2D eigenvalue weighted by Crippen LogP contribution is -2.28. The molecule has 1 saturated carbocycles. The first kappa shape index (κ1) is 15.7. The van der Waals surface area contributed by atoms with Gasteiger partial charge < -0.3 is 19.4 Å². The van der Waals surface area contributed by atoms with Crippen molar-refractivity contribution in [1.29, 1.82) is 0 Å². The Morgan fingerprint density at radius 2 is 2.12 bits per heavy atom. The number of hydrogen-bond acceptors (Lipinski definition) is 4. The fourth-order valence-electron chi connectivity index (χ4n) is 3.13. The quantitative estimate of drug-likeness (QED) is 0.929. The highest BCUT2D eigenvalue weighted by atomic mass is 16.5. The molecule has 2 atom stereocenters. The van der Waals surface area contributed by atoms with Crippen LogP contribution in [0.1, 0.15) is 41.1 Å². The molecule has 2 aromatic rings. The fraction of sp³-hybridized carbons (Fsp3) is 0.368. The van der Waals surface area contributed by atoms with E-state index in [9.17, 15) is 9.59 Å². The van der Waals surface area contributed by atoms with Crippen molar-refractivity contribution in [2.45, 2.75) is 25.8 Å². The average Bonchev–Trinajstić information content (AvgIpc) is 3.15. The number of rotatable bonds is 4. The Balaban J connectivity index is 1.45. The van der Waals surface area contributed by atoms with Crippen molar-refractivity contribution in [3.8, 4) is 5.75 Å². The molecule has 4 rings (SSSR count). The Morgan fingerprint density at radius 1 is 1.32 bits per heavy atom. The molecule has 1 fully saturated rings. The van der Waals surface area contributed by atoms with Gasteiger partial charge in [0.2, 0.25) is 0 Å². The van der Waals surface area contributed by atoms with E-state index in [1.165, 1.54) is 6.42 Å². The van der Waals surface area contributed by atoms with Gasteiger partial charge in [0.05, 0.1) is 12.2 Å². The number of nitrogens with one attached hydrogen (secondary N) is 1. The Labute approximate surface area is 145 Å². The molecule has 1 aromatic carbocycles. The number of amides is 2. The third-order valence-corrected chi connectivity index (χ3v) is 4.76. The van der Waals surface area contributed by atoms with E-state index in [0.29, 0.717) is 35.4 Å². The van der Waals surface area contributed by atoms with Crippen LogP contribution in [0.4, 0.5) is 5.69 Å². The van der Waals surface area contributed by atoms with Gasteiger partial charge in [0.1, 0.15) is 17.3 Å². The Morgan fingerprint density at radius 3 is 2.88 bits per heavy atom. The highest BCUT2D eigenvalue weighted by molar-refractivity contribution is 5.98. The molecule has 25 heavy (non-hydrogen) atoms. The van der Waals surface area contributed by atoms with Crippen LogP contribution in [0.25, 0.3) is 0 Å². The monoisotopic (exact) mass is 340 g/mol. The van der Waals surface area contributed by atoms with Crippen LogP contribution in [0.5, 0.6) is 5.75 Å². The van der Waals surface area contributed by atoms with Crippen molar-refractivity contribution in [2.24, 2.45) is 5.92 Å². The number of benzene rings is 1. The first-order valence-electron chi connectivity index (χ1n) is 8.42. The zero-order valence-electron chi connectivity index (χ0n) is 14.2. The first-order chi connectivity index (χ1) is 12.0. The molecule has 1 aromatic heterocycles. The highest BCUT2D eigenvalue weighted by Gasteiger charge is 2.36. The molecule has 0 bridgehead atoms. The molecular weight excluding hydrogens is 320 g/mol. The second-order valence-corrected chi connectivity index (χ2v) is 6.83. The van der Waals surface area contributed by atoms with Gasteiger partial charge in [-0.2, -0.15) is 0 Å². The maximum absolute atomic E-state index is 12.6. The number of fused-ring (bicyclic) bond motifs is 1. The second kappa shape index (κ2) is 5.95. The summed E-state index contributed by atoms with van der Waals surface area (Å²) in [7, 11) is 1.74. The van der Waals surface area contributed by atoms with Crippen LogP contribution in [0.15, 0.2) is 34.7 Å². The number of furan rings is 1. The maximum Gasteiger partial charge on any atom is 0.262 e. The minimum atomic E-state index is -0.192. The van der Waals surface area contributed by atoms with E-state index in [4.69, 9.17) is 9.15 Å². The molecule has 6 heteroatoms. The van der Waals surface area contributed by atoms with Crippen LogP contribution in [0, 0.1) is 5.92 Å². The normalized spacial score (nSPS) is 21.1. The number of ether oxygens (including phenoxy) is 1. The van der Waals surface area contributed by atoms with Gasteiger partial charge in [-0.25, -0.2) is 0 Å². The largest absolute Gasteiger partial charge is 0.482 e. The second-order valence-electron chi connectivity index (χ2n) is 6.83. The Kier molecular flexibility index (Phi) is 3.75. The summed E-state index contributed by atoms with van der Waals surface area (Å²) in [6, 6.07) is 8.99. The molecule has 1 aliphatic carbocycles. The summed E-state index contributed by atoms with van der Waals surface area (Å²) < 4.78 is 11.2. The van der Waals surface area contributed by atoms with Crippen LogP contribution in [-0.2, 0) is 11.3 Å². The molecule has 6 nitrogen and oxygen atoms in total. The smallest absolute Gasteiger partial charge is 0.262 e. The van der Waals surface area contributed by atoms with Crippen molar-refractivity contribution in [1.82, 2.24) is 4.90 Å². The van der Waals surface area contributed by atoms with E-state index >= 15 is 0 Å². The van der Waals surface area contributed by atoms with Crippen molar-refractivity contribution in [2.75, 3.05) is 19.0 Å². The zero-order chi connectivity index (χ0) is 17.6. The minimum Gasteiger partial charge on any atom is -0.482 e. The van der Waals surface area contributed by atoms with Gasteiger partial charge in [-0.3, -0.25) is 9.59 Å². The van der Waals surface area contributed by atoms with Crippen LogP contribution >= 0.6 is 0 Å². The van der Waals surface area contributed by atoms with E-state index in [-0.39, 0.29) is 18.4 Å². The average molecular weight is 340 g/mol. The van der Waals surface area contributed by atoms with Gasteiger partial charge in [-0.15, -0.1) is 0 Å². The van der Waals surface area contributed by atoms with Crippen LogP contribution in [-0.4, -0.2) is 30.4 Å². The van der Waals surface area contributed by atoms with E-state index in [2.05, 4.69) is 12.2 Å². The molecule has 2 aliphatic rings. The summed E-state index contributed by atoms with van der Waals surface area (Å²) in [4.78, 5) is 25.6. The van der Waals surface area contributed by atoms with Gasteiger partial charge in [0.15, 0.2) is 6.61 Å². The summed E-state index contributed by atoms with van der Waals surface area (Å²) in [6.07, 6.45) is 1.17. The molecule has 1 N–H and O–H groups in total. The molecule has 1 aliphatic heterocycles. The van der Waals surface area contributed by atoms with Gasteiger partial charge >= 0.3 is 0 Å². The van der Waals surface area contributed by atoms with E-state index in [1.807, 2.05) is 12.1 Å². The standard InChI is InChI=1S/C19H20N2O4/c1-11-7-14(11)16-6-4-13(25-16)9-21(2)19(23)12-3-5-15-17(8-12)24-10-18(22)20-15/h3-6,8,11,14H,7,9-10H2,1-2H3,(H,20,22)/t11-,14+/m1/s1. The number of anilines is 1. The van der Waals surface area contributed by atoms with Gasteiger partial charge in [-0.05, 0) is 42.7 Å². The maximum atomic E-state index is 12.6. The Bertz CT molecular complexity index is 842. The van der Waals surface area contributed by atoms with Crippen LogP contribution in [0.2, 0.25) is 0 Å². The highest BCUT2D eigenvalue weighted by Crippen LogP contribution is 2.47. The molecule has 0 radical (unpaired) electrons. The van der Waals surface area contributed by atoms with Crippen molar-refractivity contribution >= 4 is 17.5 Å². The van der Waals surface area contributed by atoms with E-state index < -0.39 is 0 Å². The fourth-order valence-corrected chi connectivity index (χ4v) is 3.13. The van der Waals surface area contributed by atoms with Gasteiger partial charge in [0, 0.05) is 18.5 Å². The molecular formula is C19H20N2O4. The predicted molar refractivity (Wildman–Crippen MR) is 91.6 cm³/mol. The number of carbonyl (C=O) groups is 2.